The largest absolute Gasteiger partial charge is 0.450 e. The molecule has 0 unspecified atom stereocenters. The summed E-state index contributed by atoms with van der Waals surface area (Å²) in [5.41, 5.74) is 0.803. The molecular formula is C13H9BrINO3. The Morgan fingerprint density at radius 1 is 1.21 bits per heavy atom. The van der Waals surface area contributed by atoms with Crippen LogP contribution in [0.1, 0.15) is 5.56 Å². The highest BCUT2D eigenvalue weighted by Crippen LogP contribution is 2.32. The van der Waals surface area contributed by atoms with Crippen molar-refractivity contribution >= 4 is 44.2 Å². The quantitative estimate of drug-likeness (QED) is 0.298. The maximum atomic E-state index is 11.0. The molecule has 0 radical (unpaired) electrons. The summed E-state index contributed by atoms with van der Waals surface area (Å²) < 4.78 is 6.64. The molecule has 0 fully saturated rings. The van der Waals surface area contributed by atoms with E-state index in [0.717, 1.165) is 9.13 Å². The van der Waals surface area contributed by atoms with Crippen LogP contribution in [0.15, 0.2) is 42.5 Å². The third-order valence-corrected chi connectivity index (χ3v) is 3.78. The van der Waals surface area contributed by atoms with Crippen LogP contribution in [-0.4, -0.2) is 4.92 Å². The summed E-state index contributed by atoms with van der Waals surface area (Å²) in [6.07, 6.45) is 0. The first-order chi connectivity index (χ1) is 9.10. The smallest absolute Gasteiger partial charge is 0.311 e. The molecule has 4 nitrogen and oxygen atoms in total. The zero-order valence-corrected chi connectivity index (χ0v) is 13.4. The molecule has 6 heteroatoms. The summed E-state index contributed by atoms with van der Waals surface area (Å²) in [4.78, 5) is 10.6. The highest BCUT2D eigenvalue weighted by atomic mass is 127. The minimum Gasteiger partial charge on any atom is -0.450 e. The number of ether oxygens (including phenoxy) is 1. The highest BCUT2D eigenvalue weighted by Gasteiger charge is 2.16. The van der Waals surface area contributed by atoms with E-state index in [4.69, 9.17) is 4.74 Å². The number of hydrogen-bond acceptors (Lipinski definition) is 3. The van der Waals surface area contributed by atoms with Gasteiger partial charge in [0.1, 0.15) is 5.75 Å². The van der Waals surface area contributed by atoms with E-state index >= 15 is 0 Å². The molecule has 0 saturated heterocycles. The normalized spacial score (nSPS) is 10.2. The maximum absolute atomic E-state index is 11.0. The number of nitrogens with zero attached hydrogens (tertiary/aromatic N) is 1. The average molecular weight is 434 g/mol. The topological polar surface area (TPSA) is 52.4 Å². The molecule has 2 aromatic rings. The maximum Gasteiger partial charge on any atom is 0.311 e. The molecular weight excluding hydrogens is 425 g/mol. The molecule has 98 valence electrons. The first-order valence-corrected chi connectivity index (χ1v) is 7.57. The van der Waals surface area contributed by atoms with Gasteiger partial charge in [-0.05, 0) is 58.5 Å². The SMILES string of the molecule is O=[N+]([O-])c1cc(CBr)ccc1Oc1ccc(I)cc1. The van der Waals surface area contributed by atoms with Gasteiger partial charge in [-0.25, -0.2) is 0 Å². The number of benzene rings is 2. The second-order valence-corrected chi connectivity index (χ2v) is 5.56. The molecule has 19 heavy (non-hydrogen) atoms. The first kappa shape index (κ1) is 14.3. The summed E-state index contributed by atoms with van der Waals surface area (Å²) >= 11 is 5.46. The molecule has 0 aromatic heterocycles. The van der Waals surface area contributed by atoms with Gasteiger partial charge in [-0.3, -0.25) is 10.1 Å². The minimum atomic E-state index is -0.436. The van der Waals surface area contributed by atoms with Crippen LogP contribution in [0.5, 0.6) is 11.5 Å². The molecule has 0 atom stereocenters. The van der Waals surface area contributed by atoms with Gasteiger partial charge in [-0.2, -0.15) is 0 Å². The Kier molecular flexibility index (Phi) is 4.76. The third kappa shape index (κ3) is 3.66. The van der Waals surface area contributed by atoms with Gasteiger partial charge < -0.3 is 4.74 Å². The molecule has 2 aromatic carbocycles. The van der Waals surface area contributed by atoms with Crippen LogP contribution in [0, 0.1) is 13.7 Å². The fourth-order valence-electron chi connectivity index (χ4n) is 1.50. The van der Waals surface area contributed by atoms with E-state index in [1.807, 2.05) is 12.1 Å². The molecule has 0 amide bonds. The van der Waals surface area contributed by atoms with Gasteiger partial charge in [0.25, 0.3) is 0 Å². The van der Waals surface area contributed by atoms with E-state index in [0.29, 0.717) is 11.1 Å². The molecule has 2 rings (SSSR count). The van der Waals surface area contributed by atoms with Gasteiger partial charge in [-0.15, -0.1) is 0 Å². The van der Waals surface area contributed by atoms with Crippen LogP contribution >= 0.6 is 38.5 Å². The fraction of sp³-hybridized carbons (Fsp3) is 0.0769. The molecule has 0 aliphatic heterocycles. The van der Waals surface area contributed by atoms with Crippen LogP contribution in [0.2, 0.25) is 0 Å². The van der Waals surface area contributed by atoms with Crippen LogP contribution in [-0.2, 0) is 5.33 Å². The molecule has 0 aliphatic carbocycles. The Morgan fingerprint density at radius 3 is 2.47 bits per heavy atom. The Morgan fingerprint density at radius 2 is 1.89 bits per heavy atom. The molecule has 0 saturated carbocycles. The average Bonchev–Trinajstić information content (AvgIpc) is 2.41. The van der Waals surface area contributed by atoms with E-state index in [2.05, 4.69) is 38.5 Å². The molecule has 0 bridgehead atoms. The predicted molar refractivity (Wildman–Crippen MR) is 85.0 cm³/mol. The van der Waals surface area contributed by atoms with Gasteiger partial charge in [0, 0.05) is 15.0 Å². The van der Waals surface area contributed by atoms with E-state index in [-0.39, 0.29) is 11.4 Å². The number of rotatable bonds is 4. The van der Waals surface area contributed by atoms with Gasteiger partial charge in [0.2, 0.25) is 5.75 Å². The summed E-state index contributed by atoms with van der Waals surface area (Å²) in [5, 5.41) is 11.6. The van der Waals surface area contributed by atoms with Crippen molar-refractivity contribution in [3.8, 4) is 11.5 Å². The second-order valence-electron chi connectivity index (χ2n) is 3.75. The molecule has 0 aliphatic rings. The minimum absolute atomic E-state index is 0.0319. The van der Waals surface area contributed by atoms with Crippen LogP contribution < -0.4 is 4.74 Å². The summed E-state index contributed by atoms with van der Waals surface area (Å²) in [7, 11) is 0. The second kappa shape index (κ2) is 6.33. The predicted octanol–water partition coefficient (Wildman–Crippen LogP) is 4.89. The lowest BCUT2D eigenvalue weighted by atomic mass is 10.2. The Bertz CT molecular complexity index is 601. The number of nitro benzene ring substituents is 1. The van der Waals surface area contributed by atoms with Crippen molar-refractivity contribution < 1.29 is 9.66 Å². The van der Waals surface area contributed by atoms with Crippen LogP contribution in [0.25, 0.3) is 0 Å². The van der Waals surface area contributed by atoms with Crippen molar-refractivity contribution in [3.05, 3.63) is 61.7 Å². The van der Waals surface area contributed by atoms with Crippen molar-refractivity contribution in [2.24, 2.45) is 0 Å². The lowest BCUT2D eigenvalue weighted by Gasteiger charge is -2.07. The lowest BCUT2D eigenvalue weighted by Crippen LogP contribution is -1.94. The fourth-order valence-corrected chi connectivity index (χ4v) is 2.21. The van der Waals surface area contributed by atoms with Crippen molar-refractivity contribution in [3.63, 3.8) is 0 Å². The Hall–Kier alpha value is -1.15. The molecule has 0 heterocycles. The number of alkyl halides is 1. The number of hydrogen-bond donors (Lipinski definition) is 0. The zero-order valence-electron chi connectivity index (χ0n) is 9.68. The first-order valence-electron chi connectivity index (χ1n) is 5.37. The zero-order chi connectivity index (χ0) is 13.8. The van der Waals surface area contributed by atoms with E-state index in [1.54, 1.807) is 24.3 Å². The van der Waals surface area contributed by atoms with Gasteiger partial charge in [-0.1, -0.05) is 22.0 Å². The summed E-state index contributed by atoms with van der Waals surface area (Å²) in [6, 6.07) is 12.3. The molecule has 0 spiro atoms. The monoisotopic (exact) mass is 433 g/mol. The van der Waals surface area contributed by atoms with Crippen molar-refractivity contribution in [2.45, 2.75) is 5.33 Å². The van der Waals surface area contributed by atoms with Crippen LogP contribution in [0.3, 0.4) is 0 Å². The van der Waals surface area contributed by atoms with Crippen molar-refractivity contribution in [2.75, 3.05) is 0 Å². The van der Waals surface area contributed by atoms with Crippen molar-refractivity contribution in [1.29, 1.82) is 0 Å². The Balaban J connectivity index is 2.33. The van der Waals surface area contributed by atoms with E-state index in [1.165, 1.54) is 6.07 Å². The highest BCUT2D eigenvalue weighted by molar-refractivity contribution is 14.1. The summed E-state index contributed by atoms with van der Waals surface area (Å²) in [5.74, 6) is 0.825. The van der Waals surface area contributed by atoms with Gasteiger partial charge in [0.15, 0.2) is 0 Å². The third-order valence-electron chi connectivity index (χ3n) is 2.42. The van der Waals surface area contributed by atoms with Gasteiger partial charge in [0.05, 0.1) is 4.92 Å². The van der Waals surface area contributed by atoms with Gasteiger partial charge >= 0.3 is 5.69 Å². The van der Waals surface area contributed by atoms with E-state index in [9.17, 15) is 10.1 Å². The Labute approximate surface area is 132 Å². The standard InChI is InChI=1S/C13H9BrINO3/c14-8-9-1-6-13(12(7-9)16(17)18)19-11-4-2-10(15)3-5-11/h1-7H,8H2. The van der Waals surface area contributed by atoms with E-state index < -0.39 is 4.92 Å². The lowest BCUT2D eigenvalue weighted by molar-refractivity contribution is -0.385. The number of halogens is 2. The number of nitro groups is 1. The van der Waals surface area contributed by atoms with Crippen LogP contribution in [0.4, 0.5) is 5.69 Å². The van der Waals surface area contributed by atoms with Crippen molar-refractivity contribution in [1.82, 2.24) is 0 Å². The molecule has 0 N–H and O–H groups in total. The summed E-state index contributed by atoms with van der Waals surface area (Å²) in [6.45, 7) is 0.